The zero-order chi connectivity index (χ0) is 12.2. The lowest BCUT2D eigenvalue weighted by Gasteiger charge is -2.22. The summed E-state index contributed by atoms with van der Waals surface area (Å²) in [4.78, 5) is 0. The van der Waals surface area contributed by atoms with Gasteiger partial charge < -0.3 is 20.1 Å². The number of rotatable bonds is 10. The Balaban J connectivity index is 1.75. The van der Waals surface area contributed by atoms with E-state index < -0.39 is 0 Å². The molecule has 0 spiro atoms. The van der Waals surface area contributed by atoms with Crippen LogP contribution in [0, 0.1) is 5.92 Å². The molecule has 0 amide bonds. The molecule has 0 radical (unpaired) electrons. The lowest BCUT2D eigenvalue weighted by molar-refractivity contribution is 0.0688. The second-order valence-corrected chi connectivity index (χ2v) is 4.71. The highest BCUT2D eigenvalue weighted by molar-refractivity contribution is 4.70. The first-order chi connectivity index (χ1) is 8.43. The van der Waals surface area contributed by atoms with Gasteiger partial charge in [-0.3, -0.25) is 0 Å². The van der Waals surface area contributed by atoms with E-state index in [0.717, 1.165) is 32.1 Å². The predicted molar refractivity (Wildman–Crippen MR) is 70.4 cm³/mol. The molecule has 1 aliphatic rings. The van der Waals surface area contributed by atoms with Crippen LogP contribution in [0.5, 0.6) is 0 Å². The van der Waals surface area contributed by atoms with Crippen molar-refractivity contribution in [3.05, 3.63) is 0 Å². The number of methoxy groups -OCH3 is 1. The highest BCUT2D eigenvalue weighted by Gasteiger charge is 2.11. The normalized spacial score (nSPS) is 17.5. The molecule has 0 bridgehead atoms. The van der Waals surface area contributed by atoms with Crippen LogP contribution in [0.2, 0.25) is 0 Å². The van der Waals surface area contributed by atoms with Gasteiger partial charge in [-0.2, -0.15) is 0 Å². The molecule has 4 heteroatoms. The summed E-state index contributed by atoms with van der Waals surface area (Å²) in [5.74, 6) is 0.884. The van der Waals surface area contributed by atoms with Gasteiger partial charge in [-0.05, 0) is 57.8 Å². The predicted octanol–water partition coefficient (Wildman–Crippen LogP) is 1.02. The van der Waals surface area contributed by atoms with Crippen LogP contribution in [0.3, 0.4) is 0 Å². The summed E-state index contributed by atoms with van der Waals surface area (Å²) in [5.41, 5.74) is 0. The van der Waals surface area contributed by atoms with Crippen LogP contribution < -0.4 is 10.6 Å². The molecule has 0 unspecified atom stereocenters. The third-order valence-corrected chi connectivity index (χ3v) is 3.22. The molecule has 1 rings (SSSR count). The average Bonchev–Trinajstić information content (AvgIpc) is 2.38. The van der Waals surface area contributed by atoms with Crippen molar-refractivity contribution in [1.29, 1.82) is 0 Å². The van der Waals surface area contributed by atoms with E-state index in [-0.39, 0.29) is 0 Å². The van der Waals surface area contributed by atoms with Crippen molar-refractivity contribution in [1.82, 2.24) is 10.6 Å². The topological polar surface area (TPSA) is 42.5 Å². The first-order valence-electron chi connectivity index (χ1n) is 6.91. The van der Waals surface area contributed by atoms with Gasteiger partial charge in [0.05, 0.1) is 13.2 Å². The van der Waals surface area contributed by atoms with Crippen molar-refractivity contribution in [3.8, 4) is 0 Å². The lowest BCUT2D eigenvalue weighted by Crippen LogP contribution is -2.33. The van der Waals surface area contributed by atoms with Gasteiger partial charge in [0.2, 0.25) is 0 Å². The van der Waals surface area contributed by atoms with Crippen LogP contribution in [-0.4, -0.2) is 53.1 Å². The smallest absolute Gasteiger partial charge is 0.0700 e. The highest BCUT2D eigenvalue weighted by Crippen LogP contribution is 2.09. The van der Waals surface area contributed by atoms with Crippen molar-refractivity contribution >= 4 is 0 Å². The number of hydrogen-bond acceptors (Lipinski definition) is 4. The van der Waals surface area contributed by atoms with Crippen molar-refractivity contribution in [2.45, 2.75) is 25.7 Å². The third kappa shape index (κ3) is 8.55. The van der Waals surface area contributed by atoms with Crippen LogP contribution >= 0.6 is 0 Å². The molecule has 102 valence electrons. The van der Waals surface area contributed by atoms with E-state index in [2.05, 4.69) is 10.6 Å². The van der Waals surface area contributed by atoms with E-state index in [1.165, 1.54) is 38.9 Å². The second kappa shape index (κ2) is 11.0. The zero-order valence-electron chi connectivity index (χ0n) is 11.2. The molecular weight excluding hydrogens is 216 g/mol. The summed E-state index contributed by atoms with van der Waals surface area (Å²) in [5, 5.41) is 6.94. The Morgan fingerprint density at radius 2 is 1.94 bits per heavy atom. The average molecular weight is 244 g/mol. The minimum absolute atomic E-state index is 0.702. The van der Waals surface area contributed by atoms with E-state index >= 15 is 0 Å². The van der Waals surface area contributed by atoms with Crippen LogP contribution in [-0.2, 0) is 9.47 Å². The molecule has 0 saturated carbocycles. The van der Waals surface area contributed by atoms with Crippen LogP contribution in [0.1, 0.15) is 25.7 Å². The Hall–Kier alpha value is -0.160. The fourth-order valence-electron chi connectivity index (χ4n) is 2.09. The molecule has 1 heterocycles. The van der Waals surface area contributed by atoms with E-state index in [0.29, 0.717) is 6.61 Å². The lowest BCUT2D eigenvalue weighted by atomic mass is 9.98. The molecule has 17 heavy (non-hydrogen) atoms. The molecule has 0 aromatic rings. The number of nitrogens with one attached hydrogen (secondary N) is 2. The van der Waals surface area contributed by atoms with E-state index in [1.54, 1.807) is 7.11 Å². The first kappa shape index (κ1) is 14.9. The first-order valence-corrected chi connectivity index (χ1v) is 6.91. The minimum Gasteiger partial charge on any atom is -0.382 e. The fourth-order valence-corrected chi connectivity index (χ4v) is 2.09. The van der Waals surface area contributed by atoms with Gasteiger partial charge in [-0.1, -0.05) is 0 Å². The maximum Gasteiger partial charge on any atom is 0.0700 e. The Kier molecular flexibility index (Phi) is 9.61. The molecule has 0 aromatic carbocycles. The third-order valence-electron chi connectivity index (χ3n) is 3.22. The van der Waals surface area contributed by atoms with Crippen molar-refractivity contribution in [3.63, 3.8) is 0 Å². The van der Waals surface area contributed by atoms with Gasteiger partial charge in [0, 0.05) is 13.7 Å². The van der Waals surface area contributed by atoms with Crippen LogP contribution in [0.15, 0.2) is 0 Å². The highest BCUT2D eigenvalue weighted by atomic mass is 16.5. The van der Waals surface area contributed by atoms with Crippen molar-refractivity contribution in [2.24, 2.45) is 5.92 Å². The Morgan fingerprint density at radius 1 is 1.12 bits per heavy atom. The molecule has 1 fully saturated rings. The fraction of sp³-hybridized carbons (Fsp3) is 1.00. The second-order valence-electron chi connectivity index (χ2n) is 4.71. The Morgan fingerprint density at radius 3 is 2.71 bits per heavy atom. The molecule has 0 aromatic heterocycles. The van der Waals surface area contributed by atoms with E-state index in [1.807, 2.05) is 0 Å². The van der Waals surface area contributed by atoms with Gasteiger partial charge in [0.1, 0.15) is 0 Å². The number of unbranched alkanes of at least 4 members (excludes halogenated alkanes) is 1. The van der Waals surface area contributed by atoms with Crippen LogP contribution in [0.4, 0.5) is 0 Å². The SMILES string of the molecule is COCCOCCCCNCC1CCNCC1. The molecule has 1 saturated heterocycles. The van der Waals surface area contributed by atoms with Gasteiger partial charge in [0.25, 0.3) is 0 Å². The molecule has 4 nitrogen and oxygen atoms in total. The maximum absolute atomic E-state index is 5.41. The summed E-state index contributed by atoms with van der Waals surface area (Å²) in [6.07, 6.45) is 5.00. The zero-order valence-corrected chi connectivity index (χ0v) is 11.2. The van der Waals surface area contributed by atoms with Crippen LogP contribution in [0.25, 0.3) is 0 Å². The largest absolute Gasteiger partial charge is 0.382 e. The number of piperidine rings is 1. The molecule has 1 aliphatic heterocycles. The van der Waals surface area contributed by atoms with Gasteiger partial charge >= 0.3 is 0 Å². The van der Waals surface area contributed by atoms with Gasteiger partial charge in [-0.15, -0.1) is 0 Å². The quantitative estimate of drug-likeness (QED) is 0.563. The summed E-state index contributed by atoms with van der Waals surface area (Å²) in [7, 11) is 1.70. The molecule has 0 atom stereocenters. The molecule has 2 N–H and O–H groups in total. The van der Waals surface area contributed by atoms with Gasteiger partial charge in [0.15, 0.2) is 0 Å². The van der Waals surface area contributed by atoms with E-state index in [4.69, 9.17) is 9.47 Å². The number of hydrogen-bond donors (Lipinski definition) is 2. The summed E-state index contributed by atoms with van der Waals surface area (Å²) in [6, 6.07) is 0. The standard InChI is InChI=1S/C13H28N2O2/c1-16-10-11-17-9-3-2-6-15-12-13-4-7-14-8-5-13/h13-15H,2-12H2,1H3. The molecule has 0 aliphatic carbocycles. The van der Waals surface area contributed by atoms with Gasteiger partial charge in [-0.25, -0.2) is 0 Å². The van der Waals surface area contributed by atoms with Crippen molar-refractivity contribution in [2.75, 3.05) is 53.1 Å². The summed E-state index contributed by atoms with van der Waals surface area (Å²) >= 11 is 0. The minimum atomic E-state index is 0.702. The Bertz CT molecular complexity index is 161. The molecular formula is C13H28N2O2. The van der Waals surface area contributed by atoms with Crippen molar-refractivity contribution < 1.29 is 9.47 Å². The summed E-state index contributed by atoms with van der Waals surface area (Å²) < 4.78 is 10.3. The summed E-state index contributed by atoms with van der Waals surface area (Å²) in [6.45, 7) is 6.98. The maximum atomic E-state index is 5.41. The Labute approximate surface area is 105 Å². The monoisotopic (exact) mass is 244 g/mol. The number of ether oxygens (including phenoxy) is 2. The van der Waals surface area contributed by atoms with E-state index in [9.17, 15) is 0 Å².